The van der Waals surface area contributed by atoms with Gasteiger partial charge in [-0.3, -0.25) is 4.79 Å². The fraction of sp³-hybridized carbons (Fsp3) is 0.276. The van der Waals surface area contributed by atoms with E-state index in [4.69, 9.17) is 10.5 Å². The monoisotopic (exact) mass is 543 g/mol. The lowest BCUT2D eigenvalue weighted by Crippen LogP contribution is -2.39. The number of allylic oxidation sites excluding steroid dienone is 1. The van der Waals surface area contributed by atoms with Crippen LogP contribution in [0.1, 0.15) is 26.7 Å². The molecule has 1 aliphatic rings. The predicted octanol–water partition coefficient (Wildman–Crippen LogP) is 5.24. The minimum absolute atomic E-state index is 0.0532. The molecule has 3 heterocycles. The number of rotatable bonds is 7. The maximum Gasteiger partial charge on any atom is 0.264 e. The number of nitrogen functional groups attached to an aromatic ring is 1. The first-order valence-electron chi connectivity index (χ1n) is 12.9. The van der Waals surface area contributed by atoms with Crippen LogP contribution in [0.2, 0.25) is 0 Å². The van der Waals surface area contributed by atoms with Gasteiger partial charge in [-0.15, -0.1) is 0 Å². The summed E-state index contributed by atoms with van der Waals surface area (Å²) < 4.78 is 36.1. The second-order valence-corrected chi connectivity index (χ2v) is 9.92. The summed E-state index contributed by atoms with van der Waals surface area (Å²) in [5.41, 5.74) is 7.11. The quantitative estimate of drug-likeness (QED) is 0.250. The van der Waals surface area contributed by atoms with E-state index < -0.39 is 11.6 Å². The van der Waals surface area contributed by atoms with Gasteiger partial charge < -0.3 is 15.4 Å². The van der Waals surface area contributed by atoms with Gasteiger partial charge in [-0.1, -0.05) is 26.0 Å². The molecular weight excluding hydrogens is 516 g/mol. The molecule has 5 rings (SSSR count). The van der Waals surface area contributed by atoms with Gasteiger partial charge in [0.05, 0.1) is 18.0 Å². The molecule has 1 fully saturated rings. The van der Waals surface area contributed by atoms with Crippen LogP contribution in [0.5, 0.6) is 11.5 Å². The highest BCUT2D eigenvalue weighted by molar-refractivity contribution is 5.99. The third-order valence-electron chi connectivity index (χ3n) is 6.66. The minimum Gasteiger partial charge on any atom is -0.457 e. The number of anilines is 1. The number of nitrogens with zero attached hydrogens (tertiary/aromatic N) is 6. The van der Waals surface area contributed by atoms with Crippen LogP contribution in [0.3, 0.4) is 0 Å². The zero-order valence-electron chi connectivity index (χ0n) is 22.0. The molecule has 2 aromatic carbocycles. The lowest BCUT2D eigenvalue weighted by atomic mass is 10.1. The Kier molecular flexibility index (Phi) is 7.42. The first-order chi connectivity index (χ1) is 19.2. The maximum absolute atomic E-state index is 15.4. The number of amides is 1. The molecule has 0 radical (unpaired) electrons. The van der Waals surface area contributed by atoms with Gasteiger partial charge in [-0.05, 0) is 43.0 Å². The summed E-state index contributed by atoms with van der Waals surface area (Å²) in [7, 11) is 0. The van der Waals surface area contributed by atoms with E-state index in [2.05, 4.69) is 15.1 Å². The van der Waals surface area contributed by atoms with Crippen LogP contribution in [0.15, 0.2) is 60.4 Å². The highest BCUT2D eigenvalue weighted by Crippen LogP contribution is 2.35. The van der Waals surface area contributed by atoms with E-state index in [0.29, 0.717) is 24.0 Å². The summed E-state index contributed by atoms with van der Waals surface area (Å²) in [6.07, 6.45) is 4.46. The van der Waals surface area contributed by atoms with Crippen molar-refractivity contribution in [3.8, 4) is 28.8 Å². The minimum atomic E-state index is -0.626. The number of nitrogens with two attached hydrogens (primary N) is 1. The zero-order chi connectivity index (χ0) is 28.4. The summed E-state index contributed by atoms with van der Waals surface area (Å²) >= 11 is 0. The number of ether oxygens (including phenoxy) is 1. The van der Waals surface area contributed by atoms with Crippen molar-refractivity contribution in [2.45, 2.75) is 39.3 Å². The number of benzene rings is 2. The van der Waals surface area contributed by atoms with Crippen molar-refractivity contribution >= 4 is 22.8 Å². The van der Waals surface area contributed by atoms with E-state index in [1.54, 1.807) is 27.8 Å². The molecule has 40 heavy (non-hydrogen) atoms. The fourth-order valence-corrected chi connectivity index (χ4v) is 4.90. The van der Waals surface area contributed by atoms with E-state index >= 15 is 4.39 Å². The van der Waals surface area contributed by atoms with E-state index in [0.717, 1.165) is 6.42 Å². The molecule has 0 aliphatic carbocycles. The Morgan fingerprint density at radius 2 is 2.02 bits per heavy atom. The van der Waals surface area contributed by atoms with Crippen molar-refractivity contribution in [2.75, 3.05) is 12.3 Å². The number of nitriles is 1. The van der Waals surface area contributed by atoms with Crippen LogP contribution < -0.4 is 10.5 Å². The number of carbonyl (C=O) groups is 1. The van der Waals surface area contributed by atoms with Crippen molar-refractivity contribution in [3.63, 3.8) is 0 Å². The maximum atomic E-state index is 15.4. The molecule has 1 aliphatic heterocycles. The number of hydrogen-bond acceptors (Lipinski definition) is 7. The second-order valence-electron chi connectivity index (χ2n) is 9.92. The molecule has 1 atom stereocenters. The molecule has 1 amide bonds. The molecule has 0 bridgehead atoms. The van der Waals surface area contributed by atoms with E-state index in [1.165, 1.54) is 36.7 Å². The lowest BCUT2D eigenvalue weighted by molar-refractivity contribution is -0.127. The fourth-order valence-electron chi connectivity index (χ4n) is 4.90. The Labute approximate surface area is 229 Å². The van der Waals surface area contributed by atoms with Crippen LogP contribution in [0.4, 0.5) is 14.6 Å². The van der Waals surface area contributed by atoms with Gasteiger partial charge in [-0.25, -0.2) is 23.4 Å². The standard InChI is InChI=1S/C29H27F2N7O2/c1-17(2)11-18(14-32)29(39)37-10-4-6-20(37)15-38-28-25(27(33)34-16-35-28)26(36-38)23-9-8-22(13-24(23)31)40-21-7-3-5-19(30)12-21/h3,5,7-9,11-13,16-17,20H,4,6,10,15H2,1-2H3,(H2,33,34,35)/b18-11-/t20-/m0/s1. The Bertz CT molecular complexity index is 1660. The van der Waals surface area contributed by atoms with Crippen molar-refractivity contribution in [1.82, 2.24) is 24.6 Å². The summed E-state index contributed by atoms with van der Waals surface area (Å²) in [5.74, 6) is -0.803. The van der Waals surface area contributed by atoms with Crippen molar-refractivity contribution in [3.05, 3.63) is 72.1 Å². The number of likely N-dealkylation sites (tertiary alicyclic amines) is 1. The number of hydrogen-bond donors (Lipinski definition) is 1. The van der Waals surface area contributed by atoms with Crippen LogP contribution in [0, 0.1) is 28.9 Å². The SMILES string of the molecule is CC(C)/C=C(/C#N)C(=O)N1CCC[C@H]1Cn1nc(-c2ccc(Oc3cccc(F)c3)cc2F)c2c(N)ncnc21. The summed E-state index contributed by atoms with van der Waals surface area (Å²) in [5, 5.41) is 14.6. The Hall–Kier alpha value is -4.85. The van der Waals surface area contributed by atoms with Gasteiger partial charge >= 0.3 is 0 Å². The molecule has 9 nitrogen and oxygen atoms in total. The van der Waals surface area contributed by atoms with Gasteiger partial charge in [0.2, 0.25) is 0 Å². The first-order valence-corrected chi connectivity index (χ1v) is 12.9. The van der Waals surface area contributed by atoms with Crippen molar-refractivity contribution in [1.29, 1.82) is 5.26 Å². The van der Waals surface area contributed by atoms with Crippen LogP contribution in [-0.2, 0) is 11.3 Å². The van der Waals surface area contributed by atoms with Gasteiger partial charge in [0.15, 0.2) is 5.65 Å². The highest BCUT2D eigenvalue weighted by atomic mass is 19.1. The number of halogens is 2. The molecule has 0 saturated carbocycles. The summed E-state index contributed by atoms with van der Waals surface area (Å²) in [6.45, 7) is 4.62. The van der Waals surface area contributed by atoms with Crippen molar-refractivity contribution < 1.29 is 18.3 Å². The van der Waals surface area contributed by atoms with Crippen molar-refractivity contribution in [2.24, 2.45) is 5.92 Å². The molecule has 1 saturated heterocycles. The first kappa shape index (κ1) is 26.7. The molecule has 2 N–H and O–H groups in total. The molecule has 11 heteroatoms. The third-order valence-corrected chi connectivity index (χ3v) is 6.66. The molecule has 2 aromatic heterocycles. The average molecular weight is 544 g/mol. The lowest BCUT2D eigenvalue weighted by Gasteiger charge is -2.24. The van der Waals surface area contributed by atoms with E-state index in [9.17, 15) is 14.4 Å². The van der Waals surface area contributed by atoms with Crippen LogP contribution >= 0.6 is 0 Å². The third kappa shape index (κ3) is 5.33. The van der Waals surface area contributed by atoms with Crippen LogP contribution in [-0.4, -0.2) is 43.1 Å². The normalized spacial score (nSPS) is 15.6. The van der Waals surface area contributed by atoms with Gasteiger partial charge in [-0.2, -0.15) is 10.4 Å². The topological polar surface area (TPSA) is 123 Å². The summed E-state index contributed by atoms with van der Waals surface area (Å²) in [6, 6.07) is 11.6. The predicted molar refractivity (Wildman–Crippen MR) is 145 cm³/mol. The largest absolute Gasteiger partial charge is 0.457 e. The molecule has 204 valence electrons. The number of fused-ring (bicyclic) bond motifs is 1. The number of aromatic nitrogens is 4. The van der Waals surface area contributed by atoms with Gasteiger partial charge in [0.25, 0.3) is 5.91 Å². The Balaban J connectivity index is 1.47. The zero-order valence-corrected chi connectivity index (χ0v) is 22.0. The smallest absolute Gasteiger partial charge is 0.264 e. The van der Waals surface area contributed by atoms with E-state index in [-0.39, 0.29) is 58.6 Å². The Morgan fingerprint density at radius 3 is 2.75 bits per heavy atom. The average Bonchev–Trinajstić information content (AvgIpc) is 3.53. The van der Waals surface area contributed by atoms with Gasteiger partial charge in [0.1, 0.15) is 52.6 Å². The number of carbonyl (C=O) groups excluding carboxylic acids is 1. The Morgan fingerprint density at radius 1 is 1.23 bits per heavy atom. The second kappa shape index (κ2) is 11.1. The molecule has 0 spiro atoms. The molecular formula is C29H27F2N7O2. The summed E-state index contributed by atoms with van der Waals surface area (Å²) in [4.78, 5) is 23.3. The molecule has 4 aromatic rings. The van der Waals surface area contributed by atoms with Gasteiger partial charge in [0, 0.05) is 24.2 Å². The van der Waals surface area contributed by atoms with Crippen LogP contribution in [0.25, 0.3) is 22.3 Å². The highest BCUT2D eigenvalue weighted by Gasteiger charge is 2.32. The van der Waals surface area contributed by atoms with E-state index in [1.807, 2.05) is 19.9 Å². The molecule has 0 unspecified atom stereocenters.